The minimum absolute atomic E-state index is 0.0126. The Bertz CT molecular complexity index is 1010. The van der Waals surface area contributed by atoms with Gasteiger partial charge in [-0.1, -0.05) is 0 Å². The van der Waals surface area contributed by atoms with Crippen molar-refractivity contribution in [2.24, 2.45) is 0 Å². The van der Waals surface area contributed by atoms with Crippen LogP contribution in [0, 0.1) is 6.92 Å². The smallest absolute Gasteiger partial charge is 0.335 e. The van der Waals surface area contributed by atoms with E-state index in [4.69, 9.17) is 9.52 Å². The van der Waals surface area contributed by atoms with Gasteiger partial charge >= 0.3 is 5.97 Å². The van der Waals surface area contributed by atoms with Gasteiger partial charge in [0.15, 0.2) is 5.78 Å². The van der Waals surface area contributed by atoms with Crippen molar-refractivity contribution in [2.45, 2.75) is 13.8 Å². The summed E-state index contributed by atoms with van der Waals surface area (Å²) in [5, 5.41) is 9.50. The Hall–Kier alpha value is -2.95. The summed E-state index contributed by atoms with van der Waals surface area (Å²) in [5.41, 5.74) is 1.27. The molecule has 0 spiro atoms. The molecule has 0 fully saturated rings. The number of hydrogen-bond acceptors (Lipinski definition) is 4. The first-order chi connectivity index (χ1) is 10.4. The van der Waals surface area contributed by atoms with Crippen LogP contribution in [0.3, 0.4) is 0 Å². The molecule has 0 aliphatic heterocycles. The number of Topliss-reactive ketones (excluding diaryl/α,β-unsaturated/α-hetero) is 1. The molecule has 0 amide bonds. The van der Waals surface area contributed by atoms with Crippen molar-refractivity contribution >= 4 is 33.7 Å². The SMILES string of the molecule is CC(=O)c1cc(C)cc2c(=O)c3cc(C(=O)O)ccc3oc12. The number of aryl methyl sites for hydroxylation is 1. The summed E-state index contributed by atoms with van der Waals surface area (Å²) in [7, 11) is 0. The number of benzene rings is 2. The molecule has 5 nitrogen and oxygen atoms in total. The largest absolute Gasteiger partial charge is 0.478 e. The van der Waals surface area contributed by atoms with E-state index >= 15 is 0 Å². The summed E-state index contributed by atoms with van der Waals surface area (Å²) in [5.74, 6) is -1.31. The zero-order valence-electron chi connectivity index (χ0n) is 12.0. The summed E-state index contributed by atoms with van der Waals surface area (Å²) in [6.07, 6.45) is 0. The highest BCUT2D eigenvalue weighted by Crippen LogP contribution is 2.24. The van der Waals surface area contributed by atoms with E-state index in [1.165, 1.54) is 25.1 Å². The predicted molar refractivity (Wildman–Crippen MR) is 81.7 cm³/mol. The lowest BCUT2D eigenvalue weighted by Gasteiger charge is -2.07. The predicted octanol–water partition coefficient (Wildman–Crippen LogP) is 3.16. The molecule has 0 saturated heterocycles. The maximum Gasteiger partial charge on any atom is 0.335 e. The second-order valence-corrected chi connectivity index (χ2v) is 5.19. The monoisotopic (exact) mass is 296 g/mol. The second kappa shape index (κ2) is 4.80. The molecule has 3 rings (SSSR count). The molecule has 110 valence electrons. The zero-order valence-corrected chi connectivity index (χ0v) is 12.0. The van der Waals surface area contributed by atoms with Gasteiger partial charge in [0, 0.05) is 0 Å². The fourth-order valence-corrected chi connectivity index (χ4v) is 2.50. The zero-order chi connectivity index (χ0) is 16.0. The van der Waals surface area contributed by atoms with E-state index in [9.17, 15) is 14.4 Å². The fourth-order valence-electron chi connectivity index (χ4n) is 2.50. The van der Waals surface area contributed by atoms with Crippen LogP contribution < -0.4 is 5.43 Å². The maximum absolute atomic E-state index is 12.6. The molecule has 5 heteroatoms. The minimum Gasteiger partial charge on any atom is -0.478 e. The highest BCUT2D eigenvalue weighted by atomic mass is 16.4. The van der Waals surface area contributed by atoms with E-state index < -0.39 is 5.97 Å². The molecule has 1 aromatic heterocycles. The number of carboxylic acids is 1. The van der Waals surface area contributed by atoms with Crippen molar-refractivity contribution in [3.63, 3.8) is 0 Å². The Morgan fingerprint density at radius 3 is 2.45 bits per heavy atom. The van der Waals surface area contributed by atoms with Crippen LogP contribution in [0.15, 0.2) is 39.5 Å². The Morgan fingerprint density at radius 2 is 1.82 bits per heavy atom. The number of carbonyl (C=O) groups is 2. The van der Waals surface area contributed by atoms with E-state index in [-0.39, 0.29) is 38.7 Å². The molecule has 22 heavy (non-hydrogen) atoms. The summed E-state index contributed by atoms with van der Waals surface area (Å²) < 4.78 is 5.70. The molecular formula is C17H12O5. The molecule has 0 unspecified atom stereocenters. The lowest BCUT2D eigenvalue weighted by atomic mass is 10.0. The van der Waals surface area contributed by atoms with Gasteiger partial charge in [-0.25, -0.2) is 4.79 Å². The second-order valence-electron chi connectivity index (χ2n) is 5.19. The lowest BCUT2D eigenvalue weighted by molar-refractivity contribution is 0.0697. The van der Waals surface area contributed by atoms with Gasteiger partial charge in [-0.15, -0.1) is 0 Å². The first kappa shape index (κ1) is 14.0. The minimum atomic E-state index is -1.12. The van der Waals surface area contributed by atoms with Crippen LogP contribution in [0.4, 0.5) is 0 Å². The molecule has 2 aromatic carbocycles. The van der Waals surface area contributed by atoms with Crippen molar-refractivity contribution in [2.75, 3.05) is 0 Å². The fraction of sp³-hybridized carbons (Fsp3) is 0.118. The molecule has 1 N–H and O–H groups in total. The summed E-state index contributed by atoms with van der Waals surface area (Å²) in [6.45, 7) is 3.19. The van der Waals surface area contributed by atoms with Crippen LogP contribution in [-0.4, -0.2) is 16.9 Å². The Balaban J connectivity index is 2.52. The van der Waals surface area contributed by atoms with Gasteiger partial charge in [-0.05, 0) is 49.7 Å². The number of carbonyl (C=O) groups excluding carboxylic acids is 1. The molecule has 0 bridgehead atoms. The summed E-state index contributed by atoms with van der Waals surface area (Å²) in [4.78, 5) is 35.4. The Kier molecular flexibility index (Phi) is 3.06. The van der Waals surface area contributed by atoms with Gasteiger partial charge in [-0.3, -0.25) is 9.59 Å². The summed E-state index contributed by atoms with van der Waals surface area (Å²) >= 11 is 0. The van der Waals surface area contributed by atoms with Crippen molar-refractivity contribution < 1.29 is 19.1 Å². The van der Waals surface area contributed by atoms with E-state index in [0.29, 0.717) is 5.56 Å². The molecule has 0 aliphatic rings. The van der Waals surface area contributed by atoms with Crippen molar-refractivity contribution in [1.82, 2.24) is 0 Å². The third kappa shape index (κ3) is 2.07. The quantitative estimate of drug-likeness (QED) is 0.580. The van der Waals surface area contributed by atoms with E-state index in [1.54, 1.807) is 19.1 Å². The molecule has 0 saturated carbocycles. The van der Waals surface area contributed by atoms with Gasteiger partial charge in [0.05, 0.1) is 21.9 Å². The third-order valence-electron chi connectivity index (χ3n) is 3.54. The lowest BCUT2D eigenvalue weighted by Crippen LogP contribution is -2.07. The number of rotatable bonds is 2. The maximum atomic E-state index is 12.6. The standard InChI is InChI=1S/C17H12O5/c1-8-5-11(9(2)18)16-13(6-8)15(19)12-7-10(17(20)21)3-4-14(12)22-16/h3-7H,1-2H3,(H,20,21). The molecular weight excluding hydrogens is 284 g/mol. The first-order valence-corrected chi connectivity index (χ1v) is 6.64. The topological polar surface area (TPSA) is 84.6 Å². The normalized spacial score (nSPS) is 11.0. The highest BCUT2D eigenvalue weighted by Gasteiger charge is 2.15. The molecule has 0 aliphatic carbocycles. The Labute approximate surface area is 124 Å². The van der Waals surface area contributed by atoms with Crippen LogP contribution >= 0.6 is 0 Å². The van der Waals surface area contributed by atoms with Crippen LogP contribution in [-0.2, 0) is 0 Å². The average molecular weight is 296 g/mol. The number of aromatic carboxylic acids is 1. The average Bonchev–Trinajstić information content (AvgIpc) is 2.47. The van der Waals surface area contributed by atoms with Gasteiger partial charge in [0.1, 0.15) is 11.2 Å². The summed E-state index contributed by atoms with van der Waals surface area (Å²) in [6, 6.07) is 7.40. The third-order valence-corrected chi connectivity index (χ3v) is 3.54. The number of ketones is 1. The Morgan fingerprint density at radius 1 is 1.09 bits per heavy atom. The van der Waals surface area contributed by atoms with Gasteiger partial charge in [0.25, 0.3) is 0 Å². The highest BCUT2D eigenvalue weighted by molar-refractivity contribution is 6.07. The van der Waals surface area contributed by atoms with Crippen molar-refractivity contribution in [1.29, 1.82) is 0 Å². The molecule has 1 heterocycles. The van der Waals surface area contributed by atoms with Crippen LogP contribution in [0.25, 0.3) is 21.9 Å². The first-order valence-electron chi connectivity index (χ1n) is 6.64. The van der Waals surface area contributed by atoms with Gasteiger partial charge < -0.3 is 9.52 Å². The van der Waals surface area contributed by atoms with E-state index in [0.717, 1.165) is 5.56 Å². The van der Waals surface area contributed by atoms with Gasteiger partial charge in [-0.2, -0.15) is 0 Å². The molecule has 3 aromatic rings. The number of hydrogen-bond donors (Lipinski definition) is 1. The number of carboxylic acid groups (broad SMARTS) is 1. The van der Waals surface area contributed by atoms with Crippen LogP contribution in [0.2, 0.25) is 0 Å². The van der Waals surface area contributed by atoms with E-state index in [1.807, 2.05) is 0 Å². The van der Waals surface area contributed by atoms with Gasteiger partial charge in [0.2, 0.25) is 5.43 Å². The molecule has 0 atom stereocenters. The van der Waals surface area contributed by atoms with Crippen molar-refractivity contribution in [3.8, 4) is 0 Å². The van der Waals surface area contributed by atoms with Crippen molar-refractivity contribution in [3.05, 3.63) is 57.2 Å². The van der Waals surface area contributed by atoms with Crippen LogP contribution in [0.5, 0.6) is 0 Å². The number of fused-ring (bicyclic) bond motifs is 2. The van der Waals surface area contributed by atoms with E-state index in [2.05, 4.69) is 0 Å². The van der Waals surface area contributed by atoms with Crippen LogP contribution in [0.1, 0.15) is 33.2 Å². The molecule has 0 radical (unpaired) electrons.